The molecule has 17 heavy (non-hydrogen) atoms. The lowest BCUT2D eigenvalue weighted by atomic mass is 10.1. The first-order valence-corrected chi connectivity index (χ1v) is 5.66. The SMILES string of the molecule is Nc1nc(CC(F)(F)F)nc2c1CCCCC2. The van der Waals surface area contributed by atoms with Crippen LogP contribution in [0.4, 0.5) is 19.0 Å². The lowest BCUT2D eigenvalue weighted by Crippen LogP contribution is -2.17. The van der Waals surface area contributed by atoms with Gasteiger partial charge in [-0.05, 0) is 25.7 Å². The maximum atomic E-state index is 12.3. The van der Waals surface area contributed by atoms with Gasteiger partial charge in [0.2, 0.25) is 0 Å². The Hall–Kier alpha value is -1.33. The summed E-state index contributed by atoms with van der Waals surface area (Å²) in [6.07, 6.45) is -0.908. The van der Waals surface area contributed by atoms with Gasteiger partial charge in [0, 0.05) is 11.3 Å². The van der Waals surface area contributed by atoms with Gasteiger partial charge in [0.1, 0.15) is 18.1 Å². The number of aryl methyl sites for hydroxylation is 1. The maximum absolute atomic E-state index is 12.3. The Morgan fingerprint density at radius 2 is 1.76 bits per heavy atom. The molecule has 1 heterocycles. The zero-order valence-electron chi connectivity index (χ0n) is 9.35. The summed E-state index contributed by atoms with van der Waals surface area (Å²) < 4.78 is 36.8. The van der Waals surface area contributed by atoms with Crippen LogP contribution in [-0.4, -0.2) is 16.1 Å². The lowest BCUT2D eigenvalue weighted by Gasteiger charge is -2.11. The molecule has 2 N–H and O–H groups in total. The third-order valence-electron chi connectivity index (χ3n) is 2.87. The van der Waals surface area contributed by atoms with Gasteiger partial charge in [-0.15, -0.1) is 0 Å². The van der Waals surface area contributed by atoms with E-state index in [1.54, 1.807) is 0 Å². The summed E-state index contributed by atoms with van der Waals surface area (Å²) in [4.78, 5) is 7.77. The van der Waals surface area contributed by atoms with E-state index in [0.717, 1.165) is 31.2 Å². The number of fused-ring (bicyclic) bond motifs is 1. The quantitative estimate of drug-likeness (QED) is 0.773. The number of nitrogens with two attached hydrogens (primary N) is 1. The number of hydrogen-bond donors (Lipinski definition) is 1. The predicted molar refractivity (Wildman–Crippen MR) is 57.5 cm³/mol. The molecule has 0 aliphatic heterocycles. The summed E-state index contributed by atoms with van der Waals surface area (Å²) in [7, 11) is 0. The topological polar surface area (TPSA) is 51.8 Å². The van der Waals surface area contributed by atoms with E-state index in [1.165, 1.54) is 0 Å². The highest BCUT2D eigenvalue weighted by atomic mass is 19.4. The van der Waals surface area contributed by atoms with Crippen molar-refractivity contribution >= 4 is 5.82 Å². The number of rotatable bonds is 1. The van der Waals surface area contributed by atoms with E-state index in [1.807, 2.05) is 0 Å². The van der Waals surface area contributed by atoms with Gasteiger partial charge in [-0.2, -0.15) is 13.2 Å². The van der Waals surface area contributed by atoms with Crippen LogP contribution in [0.25, 0.3) is 0 Å². The molecule has 3 nitrogen and oxygen atoms in total. The van der Waals surface area contributed by atoms with Gasteiger partial charge in [-0.3, -0.25) is 0 Å². The third-order valence-corrected chi connectivity index (χ3v) is 2.87. The average molecular weight is 245 g/mol. The molecule has 0 bridgehead atoms. The van der Waals surface area contributed by atoms with Gasteiger partial charge in [0.15, 0.2) is 0 Å². The number of alkyl halides is 3. The van der Waals surface area contributed by atoms with Gasteiger partial charge >= 0.3 is 6.18 Å². The number of hydrogen-bond acceptors (Lipinski definition) is 3. The standard InChI is InChI=1S/C11H14F3N3/c12-11(13,14)6-9-16-8-5-3-1-2-4-7(8)10(15)17-9/h1-6H2,(H2,15,16,17). The molecule has 1 aliphatic carbocycles. The Labute approximate surface area is 97.3 Å². The Bertz CT molecular complexity index is 415. The van der Waals surface area contributed by atoms with Crippen molar-refractivity contribution < 1.29 is 13.2 Å². The highest BCUT2D eigenvalue weighted by molar-refractivity contribution is 5.43. The van der Waals surface area contributed by atoms with Gasteiger partial charge in [0.05, 0.1) is 0 Å². The minimum atomic E-state index is -4.29. The fraction of sp³-hybridized carbons (Fsp3) is 0.636. The fourth-order valence-electron chi connectivity index (χ4n) is 2.11. The van der Waals surface area contributed by atoms with E-state index in [2.05, 4.69) is 9.97 Å². The van der Waals surface area contributed by atoms with E-state index in [-0.39, 0.29) is 11.6 Å². The van der Waals surface area contributed by atoms with Crippen molar-refractivity contribution in [3.05, 3.63) is 17.1 Å². The number of anilines is 1. The molecule has 6 heteroatoms. The van der Waals surface area contributed by atoms with Crippen LogP contribution in [0.5, 0.6) is 0 Å². The molecule has 0 unspecified atom stereocenters. The smallest absolute Gasteiger partial charge is 0.383 e. The van der Waals surface area contributed by atoms with Gasteiger partial charge in [-0.25, -0.2) is 9.97 Å². The Morgan fingerprint density at radius 3 is 2.47 bits per heavy atom. The van der Waals surface area contributed by atoms with Crippen LogP contribution in [0.1, 0.15) is 36.3 Å². The number of halogens is 3. The summed E-state index contributed by atoms with van der Waals surface area (Å²) in [5.41, 5.74) is 7.26. The Balaban J connectivity index is 2.32. The first kappa shape index (κ1) is 12.1. The van der Waals surface area contributed by atoms with Crippen molar-refractivity contribution in [3.63, 3.8) is 0 Å². The molecule has 0 saturated heterocycles. The highest BCUT2D eigenvalue weighted by Gasteiger charge is 2.30. The van der Waals surface area contributed by atoms with Crippen LogP contribution in [-0.2, 0) is 19.3 Å². The second kappa shape index (κ2) is 4.50. The normalized spacial score (nSPS) is 16.4. The van der Waals surface area contributed by atoms with Crippen molar-refractivity contribution in [2.24, 2.45) is 0 Å². The number of aromatic nitrogens is 2. The Morgan fingerprint density at radius 1 is 1.06 bits per heavy atom. The monoisotopic (exact) mass is 245 g/mol. The fourth-order valence-corrected chi connectivity index (χ4v) is 2.11. The van der Waals surface area contributed by atoms with Gasteiger partial charge in [-0.1, -0.05) is 6.42 Å². The minimum absolute atomic E-state index is 0.212. The second-order valence-corrected chi connectivity index (χ2v) is 4.30. The van der Waals surface area contributed by atoms with Gasteiger partial charge < -0.3 is 5.73 Å². The molecular formula is C11H14F3N3. The van der Waals surface area contributed by atoms with Crippen LogP contribution < -0.4 is 5.73 Å². The molecular weight excluding hydrogens is 231 g/mol. The lowest BCUT2D eigenvalue weighted by molar-refractivity contribution is -0.128. The molecule has 0 spiro atoms. The van der Waals surface area contributed by atoms with E-state index in [0.29, 0.717) is 12.1 Å². The molecule has 0 fully saturated rings. The van der Waals surface area contributed by atoms with Crippen molar-refractivity contribution in [1.29, 1.82) is 0 Å². The summed E-state index contributed by atoms with van der Waals surface area (Å²) in [6, 6.07) is 0. The van der Waals surface area contributed by atoms with Crippen molar-refractivity contribution in [2.75, 3.05) is 5.73 Å². The first-order valence-electron chi connectivity index (χ1n) is 5.66. The van der Waals surface area contributed by atoms with Crippen LogP contribution in [0.3, 0.4) is 0 Å². The summed E-state index contributed by atoms with van der Waals surface area (Å²) in [5.74, 6) is 0.00630. The predicted octanol–water partition coefficient (Wildman–Crippen LogP) is 2.43. The van der Waals surface area contributed by atoms with Crippen molar-refractivity contribution in [1.82, 2.24) is 9.97 Å². The van der Waals surface area contributed by atoms with E-state index >= 15 is 0 Å². The molecule has 0 radical (unpaired) electrons. The van der Waals surface area contributed by atoms with Crippen LogP contribution in [0.2, 0.25) is 0 Å². The van der Waals surface area contributed by atoms with E-state index in [4.69, 9.17) is 5.73 Å². The number of nitrogens with zero attached hydrogens (tertiary/aromatic N) is 2. The van der Waals surface area contributed by atoms with Crippen LogP contribution >= 0.6 is 0 Å². The van der Waals surface area contributed by atoms with Crippen LogP contribution in [0.15, 0.2) is 0 Å². The molecule has 0 saturated carbocycles. The van der Waals surface area contributed by atoms with Gasteiger partial charge in [0.25, 0.3) is 0 Å². The van der Waals surface area contributed by atoms with Crippen molar-refractivity contribution in [2.45, 2.75) is 44.7 Å². The van der Waals surface area contributed by atoms with Crippen molar-refractivity contribution in [3.8, 4) is 0 Å². The minimum Gasteiger partial charge on any atom is -0.383 e. The first-order chi connectivity index (χ1) is 7.96. The molecule has 0 atom stereocenters. The average Bonchev–Trinajstić information content (AvgIpc) is 2.40. The van der Waals surface area contributed by atoms with E-state index in [9.17, 15) is 13.2 Å². The molecule has 2 rings (SSSR count). The third kappa shape index (κ3) is 3.08. The van der Waals surface area contributed by atoms with Crippen LogP contribution in [0, 0.1) is 0 Å². The Kier molecular flexibility index (Phi) is 3.22. The largest absolute Gasteiger partial charge is 0.396 e. The highest BCUT2D eigenvalue weighted by Crippen LogP contribution is 2.25. The summed E-state index contributed by atoms with van der Waals surface area (Å²) in [5, 5.41) is 0. The molecule has 0 amide bonds. The maximum Gasteiger partial charge on any atom is 0.396 e. The zero-order valence-corrected chi connectivity index (χ0v) is 9.35. The zero-order chi connectivity index (χ0) is 12.5. The molecule has 1 aromatic rings. The van der Waals surface area contributed by atoms with E-state index < -0.39 is 12.6 Å². The summed E-state index contributed by atoms with van der Waals surface area (Å²) in [6.45, 7) is 0. The summed E-state index contributed by atoms with van der Waals surface area (Å²) >= 11 is 0. The molecule has 1 aromatic heterocycles. The molecule has 1 aliphatic rings. The second-order valence-electron chi connectivity index (χ2n) is 4.30. The molecule has 94 valence electrons. The molecule has 0 aromatic carbocycles. The number of nitrogen functional groups attached to an aromatic ring is 1.